The van der Waals surface area contributed by atoms with Crippen LogP contribution in [0.3, 0.4) is 0 Å². The predicted molar refractivity (Wildman–Crippen MR) is 87.1 cm³/mol. The first kappa shape index (κ1) is 15.5. The monoisotopic (exact) mass is 274 g/mol. The second-order valence-corrected chi connectivity index (χ2v) is 6.23. The lowest BCUT2D eigenvalue weighted by Gasteiger charge is -2.44. The van der Waals surface area contributed by atoms with E-state index in [1.807, 2.05) is 0 Å². The molecule has 2 unspecified atom stereocenters. The van der Waals surface area contributed by atoms with E-state index in [4.69, 9.17) is 0 Å². The first-order chi connectivity index (χ1) is 9.65. The van der Waals surface area contributed by atoms with E-state index in [-0.39, 0.29) is 5.54 Å². The maximum Gasteiger partial charge on any atom is 0.0502 e. The number of hydrogen-bond acceptors (Lipinski definition) is 2. The number of hydrogen-bond donors (Lipinski definition) is 1. The van der Waals surface area contributed by atoms with Crippen LogP contribution in [0.4, 0.5) is 0 Å². The van der Waals surface area contributed by atoms with Gasteiger partial charge < -0.3 is 5.32 Å². The third kappa shape index (κ3) is 2.91. The minimum atomic E-state index is 0.206. The summed E-state index contributed by atoms with van der Waals surface area (Å²) in [6, 6.07) is 9.50. The summed E-state index contributed by atoms with van der Waals surface area (Å²) in [5.74, 6) is 0. The van der Waals surface area contributed by atoms with Gasteiger partial charge in [0.05, 0.1) is 6.04 Å². The van der Waals surface area contributed by atoms with E-state index in [0.29, 0.717) is 6.04 Å². The Labute approximate surface area is 124 Å². The fourth-order valence-corrected chi connectivity index (χ4v) is 3.67. The summed E-state index contributed by atoms with van der Waals surface area (Å²) in [5, 5.41) is 3.60. The average molecular weight is 274 g/mol. The lowest BCUT2D eigenvalue weighted by molar-refractivity contribution is 0.0873. The Hall–Kier alpha value is -0.860. The highest BCUT2D eigenvalue weighted by Crippen LogP contribution is 2.36. The number of likely N-dealkylation sites (tertiary alicyclic amines) is 1. The zero-order valence-electron chi connectivity index (χ0n) is 13.6. The van der Waals surface area contributed by atoms with Crippen molar-refractivity contribution >= 4 is 0 Å². The van der Waals surface area contributed by atoms with Crippen molar-refractivity contribution in [1.29, 1.82) is 0 Å². The number of aryl methyl sites for hydroxylation is 1. The van der Waals surface area contributed by atoms with Gasteiger partial charge in [-0.15, -0.1) is 0 Å². The van der Waals surface area contributed by atoms with E-state index >= 15 is 0 Å². The number of likely N-dealkylation sites (N-methyl/N-ethyl adjacent to an activating group) is 1. The molecule has 1 aromatic rings. The fourth-order valence-electron chi connectivity index (χ4n) is 3.67. The SMILES string of the molecule is CCc1cccc(C(NC)C(C)(CC)N2CCCC2)c1. The fraction of sp³-hybridized carbons (Fsp3) is 0.667. The van der Waals surface area contributed by atoms with Gasteiger partial charge in [0.2, 0.25) is 0 Å². The van der Waals surface area contributed by atoms with Crippen LogP contribution in [0.2, 0.25) is 0 Å². The van der Waals surface area contributed by atoms with Crippen LogP contribution in [0.5, 0.6) is 0 Å². The van der Waals surface area contributed by atoms with Gasteiger partial charge in [0.25, 0.3) is 0 Å². The molecule has 0 saturated carbocycles. The van der Waals surface area contributed by atoms with Gasteiger partial charge in [-0.05, 0) is 63.9 Å². The predicted octanol–water partition coefficient (Wildman–Crippen LogP) is 3.77. The molecular weight excluding hydrogens is 244 g/mol. The normalized spacial score (nSPS) is 20.8. The van der Waals surface area contributed by atoms with Gasteiger partial charge in [0.15, 0.2) is 0 Å². The summed E-state index contributed by atoms with van der Waals surface area (Å²) >= 11 is 0. The molecule has 0 aliphatic carbocycles. The van der Waals surface area contributed by atoms with Crippen molar-refractivity contribution in [2.45, 2.75) is 58.0 Å². The summed E-state index contributed by atoms with van der Waals surface area (Å²) in [6.07, 6.45) is 4.98. The molecule has 1 heterocycles. The van der Waals surface area contributed by atoms with Gasteiger partial charge in [-0.3, -0.25) is 4.90 Å². The molecule has 1 fully saturated rings. The maximum absolute atomic E-state index is 3.60. The molecule has 2 atom stereocenters. The quantitative estimate of drug-likeness (QED) is 0.849. The Kier molecular flexibility index (Phi) is 5.22. The van der Waals surface area contributed by atoms with Crippen molar-refractivity contribution in [1.82, 2.24) is 10.2 Å². The summed E-state index contributed by atoms with van der Waals surface area (Å²) in [6.45, 7) is 9.48. The van der Waals surface area contributed by atoms with E-state index in [1.165, 1.54) is 43.5 Å². The van der Waals surface area contributed by atoms with Crippen LogP contribution in [0, 0.1) is 0 Å². The molecule has 1 saturated heterocycles. The third-order valence-corrected chi connectivity index (χ3v) is 5.15. The van der Waals surface area contributed by atoms with Crippen LogP contribution >= 0.6 is 0 Å². The van der Waals surface area contributed by atoms with Crippen LogP contribution in [0.15, 0.2) is 24.3 Å². The summed E-state index contributed by atoms with van der Waals surface area (Å²) in [7, 11) is 2.10. The molecule has 0 spiro atoms. The average Bonchev–Trinajstić information content (AvgIpc) is 3.02. The van der Waals surface area contributed by atoms with Gasteiger partial charge in [0.1, 0.15) is 0 Å². The minimum absolute atomic E-state index is 0.206. The third-order valence-electron chi connectivity index (χ3n) is 5.15. The molecule has 1 aromatic carbocycles. The molecule has 112 valence electrons. The zero-order valence-corrected chi connectivity index (χ0v) is 13.6. The summed E-state index contributed by atoms with van der Waals surface area (Å²) in [4.78, 5) is 2.69. The van der Waals surface area contributed by atoms with Gasteiger partial charge in [0, 0.05) is 5.54 Å². The lowest BCUT2D eigenvalue weighted by atomic mass is 9.82. The molecule has 0 radical (unpaired) electrons. The molecule has 0 amide bonds. The number of nitrogens with zero attached hydrogens (tertiary/aromatic N) is 1. The van der Waals surface area contributed by atoms with Crippen LogP contribution in [-0.2, 0) is 6.42 Å². The Morgan fingerprint density at radius 1 is 1.25 bits per heavy atom. The lowest BCUT2D eigenvalue weighted by Crippen LogP contribution is -2.52. The zero-order chi connectivity index (χ0) is 14.6. The molecule has 2 heteroatoms. The molecule has 1 aliphatic rings. The highest BCUT2D eigenvalue weighted by molar-refractivity contribution is 5.28. The van der Waals surface area contributed by atoms with Crippen molar-refractivity contribution < 1.29 is 0 Å². The van der Waals surface area contributed by atoms with Crippen LogP contribution in [0.25, 0.3) is 0 Å². The van der Waals surface area contributed by atoms with Crippen molar-refractivity contribution in [2.75, 3.05) is 20.1 Å². The smallest absolute Gasteiger partial charge is 0.0502 e. The first-order valence-corrected chi connectivity index (χ1v) is 8.16. The van der Waals surface area contributed by atoms with Crippen LogP contribution in [-0.4, -0.2) is 30.6 Å². The van der Waals surface area contributed by atoms with E-state index in [2.05, 4.69) is 62.3 Å². The van der Waals surface area contributed by atoms with E-state index < -0.39 is 0 Å². The number of rotatable bonds is 6. The molecule has 1 aliphatic heterocycles. The summed E-state index contributed by atoms with van der Waals surface area (Å²) < 4.78 is 0. The van der Waals surface area contributed by atoms with Crippen molar-refractivity contribution in [3.63, 3.8) is 0 Å². The molecule has 0 aromatic heterocycles. The van der Waals surface area contributed by atoms with E-state index in [1.54, 1.807) is 0 Å². The Morgan fingerprint density at radius 3 is 2.50 bits per heavy atom. The minimum Gasteiger partial charge on any atom is -0.311 e. The van der Waals surface area contributed by atoms with Crippen LogP contribution in [0.1, 0.15) is 57.2 Å². The Bertz CT molecular complexity index is 423. The Balaban J connectivity index is 2.32. The number of benzene rings is 1. The highest BCUT2D eigenvalue weighted by atomic mass is 15.2. The largest absolute Gasteiger partial charge is 0.311 e. The molecule has 0 bridgehead atoms. The van der Waals surface area contributed by atoms with Gasteiger partial charge in [-0.25, -0.2) is 0 Å². The standard InChI is InChI=1S/C18H30N2/c1-5-15-10-9-11-16(14-15)17(19-4)18(3,6-2)20-12-7-8-13-20/h9-11,14,17,19H,5-8,12-13H2,1-4H3. The number of nitrogens with one attached hydrogen (secondary N) is 1. The van der Waals surface area contributed by atoms with Crippen molar-refractivity contribution in [2.24, 2.45) is 0 Å². The van der Waals surface area contributed by atoms with Gasteiger partial charge >= 0.3 is 0 Å². The second-order valence-electron chi connectivity index (χ2n) is 6.23. The van der Waals surface area contributed by atoms with E-state index in [9.17, 15) is 0 Å². The second kappa shape index (κ2) is 6.73. The summed E-state index contributed by atoms with van der Waals surface area (Å²) in [5.41, 5.74) is 3.07. The Morgan fingerprint density at radius 2 is 1.95 bits per heavy atom. The highest BCUT2D eigenvalue weighted by Gasteiger charge is 2.39. The maximum atomic E-state index is 3.60. The topological polar surface area (TPSA) is 15.3 Å². The molecule has 2 nitrogen and oxygen atoms in total. The van der Waals surface area contributed by atoms with Gasteiger partial charge in [-0.1, -0.05) is 38.1 Å². The van der Waals surface area contributed by atoms with Crippen molar-refractivity contribution in [3.05, 3.63) is 35.4 Å². The molecule has 20 heavy (non-hydrogen) atoms. The molecular formula is C18H30N2. The van der Waals surface area contributed by atoms with Crippen molar-refractivity contribution in [3.8, 4) is 0 Å². The van der Waals surface area contributed by atoms with Gasteiger partial charge in [-0.2, -0.15) is 0 Å². The van der Waals surface area contributed by atoms with Crippen LogP contribution < -0.4 is 5.32 Å². The van der Waals surface area contributed by atoms with E-state index in [0.717, 1.165) is 6.42 Å². The molecule has 1 N–H and O–H groups in total. The first-order valence-electron chi connectivity index (χ1n) is 8.16. The molecule has 2 rings (SSSR count).